The maximum absolute atomic E-state index is 13.1. The van der Waals surface area contributed by atoms with Crippen molar-refractivity contribution in [1.82, 2.24) is 9.78 Å². The summed E-state index contributed by atoms with van der Waals surface area (Å²) in [7, 11) is 1.56. The van der Waals surface area contributed by atoms with E-state index in [0.29, 0.717) is 17.9 Å². The van der Waals surface area contributed by atoms with Gasteiger partial charge in [-0.05, 0) is 48.4 Å². The van der Waals surface area contributed by atoms with Gasteiger partial charge in [0.2, 0.25) is 5.91 Å². The minimum atomic E-state index is -4.51. The zero-order valence-electron chi connectivity index (χ0n) is 15.0. The third kappa shape index (κ3) is 4.70. The third-order valence-electron chi connectivity index (χ3n) is 4.15. The van der Waals surface area contributed by atoms with E-state index in [1.165, 1.54) is 16.9 Å². The minimum absolute atomic E-state index is 0.0539. The normalized spacial score (nSPS) is 11.3. The number of aromatic nitrogens is 2. The van der Waals surface area contributed by atoms with Crippen LogP contribution >= 0.6 is 0 Å². The number of rotatable bonds is 6. The van der Waals surface area contributed by atoms with E-state index in [0.717, 1.165) is 17.7 Å². The van der Waals surface area contributed by atoms with Crippen molar-refractivity contribution in [1.29, 1.82) is 0 Å². The van der Waals surface area contributed by atoms with E-state index < -0.39 is 11.7 Å². The van der Waals surface area contributed by atoms with Crippen molar-refractivity contribution in [3.8, 4) is 11.4 Å². The average Bonchev–Trinajstić information content (AvgIpc) is 3.20. The van der Waals surface area contributed by atoms with Gasteiger partial charge in [-0.3, -0.25) is 4.79 Å². The number of nitrogens with one attached hydrogen (secondary N) is 1. The van der Waals surface area contributed by atoms with Crippen molar-refractivity contribution in [2.75, 3.05) is 12.4 Å². The molecule has 2 aromatic carbocycles. The third-order valence-corrected chi connectivity index (χ3v) is 4.15. The molecule has 1 amide bonds. The van der Waals surface area contributed by atoms with Crippen molar-refractivity contribution in [2.24, 2.45) is 0 Å². The first kappa shape index (κ1) is 19.5. The summed E-state index contributed by atoms with van der Waals surface area (Å²) < 4.78 is 45.7. The molecule has 0 saturated heterocycles. The molecule has 0 aliphatic carbocycles. The number of halogens is 3. The predicted molar refractivity (Wildman–Crippen MR) is 98.5 cm³/mol. The van der Waals surface area contributed by atoms with Crippen LogP contribution in [0.4, 0.5) is 18.9 Å². The summed E-state index contributed by atoms with van der Waals surface area (Å²) in [6.07, 6.45) is -0.833. The highest BCUT2D eigenvalue weighted by Crippen LogP contribution is 2.33. The van der Waals surface area contributed by atoms with Crippen LogP contribution in [0.5, 0.6) is 5.75 Å². The van der Waals surface area contributed by atoms with Crippen LogP contribution in [0.1, 0.15) is 17.5 Å². The molecule has 0 saturated carbocycles. The molecule has 0 aliphatic heterocycles. The molecule has 0 radical (unpaired) electrons. The van der Waals surface area contributed by atoms with Gasteiger partial charge in [0.05, 0.1) is 24.0 Å². The Morgan fingerprint density at radius 2 is 1.93 bits per heavy atom. The highest BCUT2D eigenvalue weighted by Gasteiger charge is 2.31. The van der Waals surface area contributed by atoms with E-state index in [1.807, 2.05) is 12.1 Å². The zero-order chi connectivity index (χ0) is 20.1. The summed E-state index contributed by atoms with van der Waals surface area (Å²) in [6.45, 7) is 0. The van der Waals surface area contributed by atoms with Gasteiger partial charge >= 0.3 is 6.18 Å². The van der Waals surface area contributed by atoms with Gasteiger partial charge in [-0.1, -0.05) is 12.1 Å². The van der Waals surface area contributed by atoms with Gasteiger partial charge in [0.15, 0.2) is 0 Å². The second-order valence-electron chi connectivity index (χ2n) is 6.08. The molecule has 146 valence electrons. The Bertz CT molecular complexity index is 936. The number of aryl methyl sites for hydroxylation is 1. The molecule has 1 N–H and O–H groups in total. The van der Waals surface area contributed by atoms with Crippen LogP contribution in [0.15, 0.2) is 60.9 Å². The summed E-state index contributed by atoms with van der Waals surface area (Å²) in [4.78, 5) is 12.3. The van der Waals surface area contributed by atoms with Crippen molar-refractivity contribution < 1.29 is 22.7 Å². The maximum atomic E-state index is 13.1. The first-order valence-electron chi connectivity index (χ1n) is 8.51. The summed E-state index contributed by atoms with van der Waals surface area (Å²) in [5.74, 6) is 0.324. The van der Waals surface area contributed by atoms with Crippen LogP contribution in [0.2, 0.25) is 0 Å². The zero-order valence-corrected chi connectivity index (χ0v) is 15.0. The number of hydrogen-bond donors (Lipinski definition) is 1. The summed E-state index contributed by atoms with van der Waals surface area (Å²) in [5, 5.41) is 6.61. The number of amides is 1. The van der Waals surface area contributed by atoms with Gasteiger partial charge in [0.25, 0.3) is 0 Å². The van der Waals surface area contributed by atoms with E-state index in [-0.39, 0.29) is 18.0 Å². The van der Waals surface area contributed by atoms with E-state index >= 15 is 0 Å². The SMILES string of the molecule is COc1ccc(CCC(=O)Nc2cc(C(F)(F)F)ccc2-n2cccn2)cc1. The number of carbonyl (C=O) groups excluding carboxylic acids is 1. The highest BCUT2D eigenvalue weighted by molar-refractivity contribution is 5.93. The van der Waals surface area contributed by atoms with Crippen LogP contribution in [0, 0.1) is 0 Å². The van der Waals surface area contributed by atoms with E-state index in [2.05, 4.69) is 10.4 Å². The fraction of sp³-hybridized carbons (Fsp3) is 0.200. The van der Waals surface area contributed by atoms with Crippen molar-refractivity contribution in [3.05, 3.63) is 72.1 Å². The highest BCUT2D eigenvalue weighted by atomic mass is 19.4. The number of anilines is 1. The van der Waals surface area contributed by atoms with Gasteiger partial charge in [0.1, 0.15) is 5.75 Å². The Morgan fingerprint density at radius 3 is 2.54 bits per heavy atom. The first-order chi connectivity index (χ1) is 13.4. The number of hydrogen-bond acceptors (Lipinski definition) is 3. The average molecular weight is 389 g/mol. The molecule has 5 nitrogen and oxygen atoms in total. The van der Waals surface area contributed by atoms with Crippen molar-refractivity contribution in [3.63, 3.8) is 0 Å². The lowest BCUT2D eigenvalue weighted by Crippen LogP contribution is -2.16. The molecule has 0 aliphatic rings. The van der Waals surface area contributed by atoms with Gasteiger partial charge < -0.3 is 10.1 Å². The van der Waals surface area contributed by atoms with Crippen LogP contribution < -0.4 is 10.1 Å². The maximum Gasteiger partial charge on any atom is 0.416 e. The monoisotopic (exact) mass is 389 g/mol. The van der Waals surface area contributed by atoms with Gasteiger partial charge in [-0.25, -0.2) is 4.68 Å². The largest absolute Gasteiger partial charge is 0.497 e. The molecule has 1 heterocycles. The molecular formula is C20H18F3N3O2. The number of benzene rings is 2. The first-order valence-corrected chi connectivity index (χ1v) is 8.51. The Morgan fingerprint density at radius 1 is 1.18 bits per heavy atom. The quantitative estimate of drug-likeness (QED) is 0.677. The van der Waals surface area contributed by atoms with E-state index in [4.69, 9.17) is 4.74 Å². The van der Waals surface area contributed by atoms with Crippen LogP contribution in [0.25, 0.3) is 5.69 Å². The van der Waals surface area contributed by atoms with Crippen LogP contribution in [0.3, 0.4) is 0 Å². The standard InChI is InChI=1S/C20H18F3N3O2/c1-28-16-7-3-14(4-8-16)5-10-19(27)25-17-13-15(20(21,22)23)6-9-18(17)26-12-2-11-24-26/h2-4,6-9,11-13H,5,10H2,1H3,(H,25,27). The molecule has 3 rings (SSSR count). The minimum Gasteiger partial charge on any atom is -0.497 e. The fourth-order valence-electron chi connectivity index (χ4n) is 2.69. The van der Waals surface area contributed by atoms with E-state index in [9.17, 15) is 18.0 Å². The molecule has 0 unspecified atom stereocenters. The molecule has 0 atom stereocenters. The smallest absolute Gasteiger partial charge is 0.416 e. The molecule has 8 heteroatoms. The van der Waals surface area contributed by atoms with Crippen LogP contribution in [-0.4, -0.2) is 22.8 Å². The Balaban J connectivity index is 1.76. The van der Waals surface area contributed by atoms with Crippen molar-refractivity contribution >= 4 is 11.6 Å². The summed E-state index contributed by atoms with van der Waals surface area (Å²) >= 11 is 0. The molecule has 0 bridgehead atoms. The number of ether oxygens (including phenoxy) is 1. The molecule has 0 fully saturated rings. The predicted octanol–water partition coefficient (Wildman–Crippen LogP) is 4.47. The lowest BCUT2D eigenvalue weighted by Gasteiger charge is -2.15. The number of alkyl halides is 3. The number of nitrogens with zero attached hydrogens (tertiary/aromatic N) is 2. The van der Waals surface area contributed by atoms with Crippen molar-refractivity contribution in [2.45, 2.75) is 19.0 Å². The lowest BCUT2D eigenvalue weighted by atomic mass is 10.1. The van der Waals surface area contributed by atoms with Crippen LogP contribution in [-0.2, 0) is 17.4 Å². The Kier molecular flexibility index (Phi) is 5.67. The summed E-state index contributed by atoms with van der Waals surface area (Å²) in [6, 6.07) is 12.1. The second-order valence-corrected chi connectivity index (χ2v) is 6.08. The fourth-order valence-corrected chi connectivity index (χ4v) is 2.69. The molecule has 28 heavy (non-hydrogen) atoms. The summed E-state index contributed by atoms with van der Waals surface area (Å²) in [5.41, 5.74) is 0.496. The topological polar surface area (TPSA) is 56.1 Å². The number of carbonyl (C=O) groups is 1. The Labute approximate surface area is 159 Å². The second kappa shape index (κ2) is 8.16. The van der Waals surface area contributed by atoms with Gasteiger partial charge in [-0.15, -0.1) is 0 Å². The molecule has 1 aromatic heterocycles. The molecular weight excluding hydrogens is 371 g/mol. The molecule has 3 aromatic rings. The van der Waals surface area contributed by atoms with Gasteiger partial charge in [-0.2, -0.15) is 18.3 Å². The molecule has 0 spiro atoms. The van der Waals surface area contributed by atoms with E-state index in [1.54, 1.807) is 31.5 Å². The number of methoxy groups -OCH3 is 1. The Hall–Kier alpha value is -3.29. The van der Waals surface area contributed by atoms with Gasteiger partial charge in [0, 0.05) is 18.8 Å². The lowest BCUT2D eigenvalue weighted by molar-refractivity contribution is -0.137.